The molecule has 1 aliphatic carbocycles. The molecule has 1 aliphatic heterocycles. The Kier molecular flexibility index (Phi) is 8.84. The van der Waals surface area contributed by atoms with E-state index < -0.39 is 0 Å². The number of nitrogens with zero attached hydrogens (tertiary/aromatic N) is 4. The fraction of sp³-hybridized carbons (Fsp3) is 0.500. The summed E-state index contributed by atoms with van der Waals surface area (Å²) in [5.41, 5.74) is 4.55. The topological polar surface area (TPSA) is 86.1 Å². The second-order valence-electron chi connectivity index (χ2n) is 12.6. The number of ether oxygens (including phenoxy) is 2. The fourth-order valence-electron chi connectivity index (χ4n) is 6.41. The smallest absolute Gasteiger partial charge is 0.167 e. The van der Waals surface area contributed by atoms with Crippen molar-refractivity contribution in [3.8, 4) is 0 Å². The Morgan fingerprint density at radius 3 is 2.31 bits per heavy atom. The van der Waals surface area contributed by atoms with Gasteiger partial charge in [-0.25, -0.2) is 15.0 Å². The Morgan fingerprint density at radius 1 is 0.952 bits per heavy atom. The lowest BCUT2D eigenvalue weighted by Crippen LogP contribution is -2.35. The first-order valence-electron chi connectivity index (χ1n) is 15.4. The molecule has 42 heavy (non-hydrogen) atoms. The largest absolute Gasteiger partial charge is 0.382 e. The number of methoxy groups -OCH3 is 1. The van der Waals surface area contributed by atoms with E-state index in [2.05, 4.69) is 89.7 Å². The van der Waals surface area contributed by atoms with E-state index in [0.29, 0.717) is 31.2 Å². The molecule has 0 bridgehead atoms. The maximum Gasteiger partial charge on any atom is 0.167 e. The monoisotopic (exact) mass is 568 g/mol. The van der Waals surface area contributed by atoms with Gasteiger partial charge in [0.2, 0.25) is 0 Å². The van der Waals surface area contributed by atoms with Crippen LogP contribution in [0.3, 0.4) is 0 Å². The quantitative estimate of drug-likeness (QED) is 0.215. The highest BCUT2D eigenvalue weighted by Gasteiger charge is 2.30. The van der Waals surface area contributed by atoms with Gasteiger partial charge >= 0.3 is 0 Å². The summed E-state index contributed by atoms with van der Waals surface area (Å²) in [4.78, 5) is 14.9. The van der Waals surface area contributed by atoms with Crippen LogP contribution in [-0.2, 0) is 16.0 Å². The number of benzene rings is 2. The zero-order valence-electron chi connectivity index (χ0n) is 25.1. The van der Waals surface area contributed by atoms with Gasteiger partial charge in [0, 0.05) is 25.6 Å². The highest BCUT2D eigenvalue weighted by Crippen LogP contribution is 2.35. The van der Waals surface area contributed by atoms with Crippen molar-refractivity contribution in [1.82, 2.24) is 24.8 Å². The molecule has 1 saturated heterocycles. The molecule has 0 spiro atoms. The van der Waals surface area contributed by atoms with Gasteiger partial charge in [0.25, 0.3) is 0 Å². The molecule has 1 saturated carbocycles. The van der Waals surface area contributed by atoms with Crippen molar-refractivity contribution in [2.75, 3.05) is 25.6 Å². The summed E-state index contributed by atoms with van der Waals surface area (Å²) in [6, 6.07) is 21.8. The molecule has 2 N–H and O–H groups in total. The molecule has 4 aromatic rings. The summed E-state index contributed by atoms with van der Waals surface area (Å²) in [6.45, 7) is 6.66. The van der Waals surface area contributed by atoms with Crippen LogP contribution >= 0.6 is 0 Å². The van der Waals surface area contributed by atoms with Crippen LogP contribution in [0.5, 0.6) is 0 Å². The Hall–Kier alpha value is -3.33. The van der Waals surface area contributed by atoms with Crippen LogP contribution in [0.2, 0.25) is 0 Å². The van der Waals surface area contributed by atoms with Gasteiger partial charge in [0.05, 0.1) is 25.6 Å². The summed E-state index contributed by atoms with van der Waals surface area (Å²) in [5, 5.41) is 7.45. The van der Waals surface area contributed by atoms with Gasteiger partial charge in [-0.05, 0) is 55.1 Å². The zero-order valence-corrected chi connectivity index (χ0v) is 25.1. The predicted molar refractivity (Wildman–Crippen MR) is 166 cm³/mol. The van der Waals surface area contributed by atoms with Crippen molar-refractivity contribution in [2.45, 2.75) is 83.2 Å². The summed E-state index contributed by atoms with van der Waals surface area (Å²) in [6.07, 6.45) is 8.55. The van der Waals surface area contributed by atoms with Crippen LogP contribution < -0.4 is 10.6 Å². The maximum atomic E-state index is 6.32. The SMILES string of the molecule is COCC1CCC(n2cnc3c(NCC(c4ccccc4)c4ccccc4)nc(CNC4CCC(C)(C)CC4)nc32)O1. The summed E-state index contributed by atoms with van der Waals surface area (Å²) < 4.78 is 13.8. The molecule has 2 aromatic carbocycles. The van der Waals surface area contributed by atoms with Crippen LogP contribution in [0.1, 0.15) is 81.5 Å². The third-order valence-corrected chi connectivity index (χ3v) is 8.98. The molecular weight excluding hydrogens is 524 g/mol. The number of rotatable bonds is 11. The first-order valence-corrected chi connectivity index (χ1v) is 15.4. The average molecular weight is 569 g/mol. The summed E-state index contributed by atoms with van der Waals surface area (Å²) in [5.74, 6) is 1.71. The van der Waals surface area contributed by atoms with Crippen LogP contribution in [0.25, 0.3) is 11.2 Å². The van der Waals surface area contributed by atoms with Gasteiger partial charge in [0.15, 0.2) is 17.0 Å². The molecule has 2 atom stereocenters. The van der Waals surface area contributed by atoms with Gasteiger partial charge in [-0.15, -0.1) is 0 Å². The highest BCUT2D eigenvalue weighted by molar-refractivity contribution is 5.83. The third kappa shape index (κ3) is 6.66. The molecule has 2 unspecified atom stereocenters. The number of anilines is 1. The second-order valence-corrected chi connectivity index (χ2v) is 12.6. The lowest BCUT2D eigenvalue weighted by atomic mass is 9.75. The summed E-state index contributed by atoms with van der Waals surface area (Å²) >= 11 is 0. The van der Waals surface area contributed by atoms with Gasteiger partial charge in [-0.1, -0.05) is 74.5 Å². The van der Waals surface area contributed by atoms with E-state index in [4.69, 9.17) is 24.4 Å². The Balaban J connectivity index is 1.28. The predicted octanol–water partition coefficient (Wildman–Crippen LogP) is 6.45. The van der Waals surface area contributed by atoms with E-state index in [-0.39, 0.29) is 18.2 Å². The van der Waals surface area contributed by atoms with E-state index in [9.17, 15) is 0 Å². The van der Waals surface area contributed by atoms with E-state index >= 15 is 0 Å². The number of fused-ring (bicyclic) bond motifs is 1. The average Bonchev–Trinajstić information content (AvgIpc) is 3.65. The molecule has 0 amide bonds. The van der Waals surface area contributed by atoms with Gasteiger partial charge in [-0.3, -0.25) is 4.57 Å². The maximum absolute atomic E-state index is 6.32. The third-order valence-electron chi connectivity index (χ3n) is 8.98. The van der Waals surface area contributed by atoms with Crippen LogP contribution in [0.4, 0.5) is 5.82 Å². The molecular formula is C34H44N6O2. The van der Waals surface area contributed by atoms with Crippen LogP contribution in [0, 0.1) is 5.41 Å². The molecule has 2 aromatic heterocycles. The molecule has 8 heteroatoms. The van der Waals surface area contributed by atoms with E-state index in [1.807, 2.05) is 6.33 Å². The van der Waals surface area contributed by atoms with Crippen molar-refractivity contribution >= 4 is 17.0 Å². The van der Waals surface area contributed by atoms with Crippen molar-refractivity contribution in [3.63, 3.8) is 0 Å². The van der Waals surface area contributed by atoms with Crippen molar-refractivity contribution in [2.24, 2.45) is 5.41 Å². The lowest BCUT2D eigenvalue weighted by Gasteiger charge is -2.34. The number of hydrogen-bond acceptors (Lipinski definition) is 7. The van der Waals surface area contributed by atoms with E-state index in [0.717, 1.165) is 35.6 Å². The fourth-order valence-corrected chi connectivity index (χ4v) is 6.41. The molecule has 222 valence electrons. The molecule has 2 fully saturated rings. The Labute approximate surface area is 249 Å². The number of aromatic nitrogens is 4. The number of imidazole rings is 1. The van der Waals surface area contributed by atoms with Crippen molar-refractivity contribution < 1.29 is 9.47 Å². The first kappa shape index (κ1) is 28.8. The van der Waals surface area contributed by atoms with Gasteiger partial charge in [0.1, 0.15) is 12.1 Å². The number of hydrogen-bond donors (Lipinski definition) is 2. The zero-order chi connectivity index (χ0) is 28.9. The van der Waals surface area contributed by atoms with Crippen molar-refractivity contribution in [1.29, 1.82) is 0 Å². The van der Waals surface area contributed by atoms with E-state index in [1.54, 1.807) is 7.11 Å². The van der Waals surface area contributed by atoms with E-state index in [1.165, 1.54) is 36.8 Å². The minimum absolute atomic E-state index is 0.0890. The molecule has 2 aliphatic rings. The van der Waals surface area contributed by atoms with Gasteiger partial charge in [-0.2, -0.15) is 0 Å². The standard InChI is InChI=1S/C34H44N6O2/c1-34(2)18-16-26(17-19-34)35-21-29-38-32(31-33(39-29)40(23-37-31)30-15-14-27(42-30)22-41-3)36-20-28(24-10-6-4-7-11-24)25-12-8-5-9-13-25/h4-13,23,26-28,30,35H,14-22H2,1-3H3,(H,36,38,39). The molecule has 0 radical (unpaired) electrons. The highest BCUT2D eigenvalue weighted by atomic mass is 16.5. The minimum atomic E-state index is -0.110. The number of nitrogens with one attached hydrogen (secondary N) is 2. The first-order chi connectivity index (χ1) is 20.5. The Morgan fingerprint density at radius 2 is 1.64 bits per heavy atom. The van der Waals surface area contributed by atoms with Crippen LogP contribution in [-0.4, -0.2) is 51.9 Å². The summed E-state index contributed by atoms with van der Waals surface area (Å²) in [7, 11) is 1.72. The molecule has 3 heterocycles. The van der Waals surface area contributed by atoms with Crippen molar-refractivity contribution in [3.05, 3.63) is 83.9 Å². The lowest BCUT2D eigenvalue weighted by molar-refractivity contribution is -0.0300. The normalized spacial score (nSPS) is 20.9. The van der Waals surface area contributed by atoms with Crippen LogP contribution in [0.15, 0.2) is 67.0 Å². The van der Waals surface area contributed by atoms with Gasteiger partial charge < -0.3 is 20.1 Å². The minimum Gasteiger partial charge on any atom is -0.382 e. The second kappa shape index (κ2) is 12.9. The molecule has 6 rings (SSSR count). The Bertz CT molecular complexity index is 1390. The molecule has 8 nitrogen and oxygen atoms in total.